The van der Waals surface area contributed by atoms with Crippen LogP contribution < -0.4 is 64.4 Å². The van der Waals surface area contributed by atoms with Gasteiger partial charge in [-0.3, -0.25) is 18.0 Å². The van der Waals surface area contributed by atoms with Crippen LogP contribution in [0.1, 0.15) is 246 Å². The molecule has 0 saturated heterocycles. The summed E-state index contributed by atoms with van der Waals surface area (Å²) in [5.74, 6) is -0.897. The molecule has 0 aromatic heterocycles. The summed E-state index contributed by atoms with van der Waals surface area (Å²) in [6.45, 7) is 9.52. The van der Waals surface area contributed by atoms with Crippen LogP contribution in [0.25, 0.3) is 0 Å². The van der Waals surface area contributed by atoms with E-state index in [0.717, 1.165) is 19.3 Å². The van der Waals surface area contributed by atoms with Crippen molar-refractivity contribution in [3.05, 3.63) is 0 Å². The molecule has 0 unspecified atom stereocenters. The van der Waals surface area contributed by atoms with Crippen LogP contribution in [-0.2, 0) is 24.7 Å². The molecule has 0 aromatic rings. The van der Waals surface area contributed by atoms with Gasteiger partial charge >= 0.3 is 71.1 Å². The van der Waals surface area contributed by atoms with Crippen LogP contribution in [0.3, 0.4) is 0 Å². The fraction of sp³-hybridized carbons (Fsp3) is 0.953. The van der Waals surface area contributed by atoms with E-state index >= 15 is 0 Å². The van der Waals surface area contributed by atoms with Gasteiger partial charge in [-0.15, -0.1) is 0 Å². The molecule has 0 fully saturated rings. The second-order valence-corrected chi connectivity index (χ2v) is 15.3. The van der Waals surface area contributed by atoms with Crippen molar-refractivity contribution in [1.82, 2.24) is 5.32 Å². The minimum Gasteiger partial charge on any atom is -0.759 e. The quantitative estimate of drug-likeness (QED) is 0.0188. The van der Waals surface area contributed by atoms with Crippen molar-refractivity contribution in [2.24, 2.45) is 0 Å². The van der Waals surface area contributed by atoms with Gasteiger partial charge in [0, 0.05) is 23.4 Å². The first-order chi connectivity index (χ1) is 25.5. The zero-order chi connectivity index (χ0) is 40.5. The number of aliphatic hydroxyl groups excluding tert-OH is 1. The number of esters is 2. The summed E-state index contributed by atoms with van der Waals surface area (Å²) in [5.41, 5.74) is 0. The van der Waals surface area contributed by atoms with Crippen LogP contribution in [-0.4, -0.2) is 54.8 Å². The average Bonchev–Trinajstić information content (AvgIpc) is 3.11. The van der Waals surface area contributed by atoms with Crippen molar-refractivity contribution in [1.29, 1.82) is 0 Å². The molecule has 0 radical (unpaired) electrons. The number of rotatable bonds is 35. The fourth-order valence-electron chi connectivity index (χ4n) is 5.81. The van der Waals surface area contributed by atoms with E-state index in [1.165, 1.54) is 193 Å². The molecule has 0 atom stereocenters. The molecular weight excluding hydrogens is 737 g/mol. The largest absolute Gasteiger partial charge is 1.00 e. The summed E-state index contributed by atoms with van der Waals surface area (Å²) in [7, 11) is -3.52. The van der Waals surface area contributed by atoms with E-state index in [1.54, 1.807) is 7.05 Å². The smallest absolute Gasteiger partial charge is 0.759 e. The van der Waals surface area contributed by atoms with Gasteiger partial charge in [0.1, 0.15) is 0 Å². The maximum atomic E-state index is 11.3. The summed E-state index contributed by atoms with van der Waals surface area (Å²) >= 11 is 0. The summed E-state index contributed by atoms with van der Waals surface area (Å²) in [6, 6.07) is 0. The Balaban J connectivity index is -0.000000153. The van der Waals surface area contributed by atoms with Crippen molar-refractivity contribution in [2.75, 3.05) is 20.2 Å². The van der Waals surface area contributed by atoms with Crippen molar-refractivity contribution in [3.63, 3.8) is 0 Å². The summed E-state index contributed by atoms with van der Waals surface area (Å²) < 4.78 is 38.7. The molecule has 0 bridgehead atoms. The Morgan fingerprint density at radius 2 is 0.673 bits per heavy atom. The van der Waals surface area contributed by atoms with Gasteiger partial charge in [-0.2, -0.15) is 0 Å². The van der Waals surface area contributed by atoms with Gasteiger partial charge in [-0.25, -0.2) is 0 Å². The van der Waals surface area contributed by atoms with E-state index in [4.69, 9.17) is 22.6 Å². The molecule has 9 nitrogen and oxygen atoms in total. The molecule has 0 aliphatic rings. The Morgan fingerprint density at radius 1 is 0.455 bits per heavy atom. The molecule has 2 N–H and O–H groups in total. The first kappa shape index (κ1) is 67.7. The number of hydrogen-bond donors (Lipinski definition) is 2. The van der Waals surface area contributed by atoms with Crippen molar-refractivity contribution >= 4 is 22.3 Å². The van der Waals surface area contributed by atoms with Crippen molar-refractivity contribution in [3.8, 4) is 0 Å². The minimum absolute atomic E-state index is 0. The predicted octanol–water partition coefficient (Wildman–Crippen LogP) is 6.25. The number of aliphatic hydroxyl groups is 1. The zero-order valence-electron chi connectivity index (χ0n) is 37.7. The number of likely N-dealkylation sites (N-methyl/N-ethyl adjacent to an activating group) is 1. The van der Waals surface area contributed by atoms with Gasteiger partial charge in [-0.1, -0.05) is 227 Å². The molecule has 0 heterocycles. The molecule has 0 aromatic carbocycles. The third-order valence-electron chi connectivity index (χ3n) is 9.00. The predicted molar refractivity (Wildman–Crippen MR) is 222 cm³/mol. The van der Waals surface area contributed by atoms with Crippen LogP contribution in [0, 0.1) is 0 Å². The molecule has 0 saturated carbocycles. The Kier molecular flexibility index (Phi) is 75.8. The van der Waals surface area contributed by atoms with E-state index in [-0.39, 0.29) is 65.7 Å². The average molecular weight is 826 g/mol. The second-order valence-electron chi connectivity index (χ2n) is 14.5. The molecule has 0 aliphatic carbocycles. The number of hydrogen-bond acceptors (Lipinski definition) is 9. The molecule has 55 heavy (non-hydrogen) atoms. The molecule has 0 amide bonds. The van der Waals surface area contributed by atoms with Crippen LogP contribution in [0.2, 0.25) is 0 Å². The number of ether oxygens (including phenoxy) is 1. The number of nitrogens with one attached hydrogen (secondary N) is 1. The molecule has 0 rings (SSSR count). The number of unbranched alkanes of at least 4 members (excludes halogenated alkanes) is 30. The van der Waals surface area contributed by atoms with E-state index in [2.05, 4.69) is 37.7 Å². The molecular formula is C43H89NNa2O8S. The normalized spacial score (nSPS) is 10.3. The Morgan fingerprint density at radius 3 is 0.891 bits per heavy atom. The number of carbonyl (C=O) groups excluding carboxylic acids is 2. The zero-order valence-corrected chi connectivity index (χ0v) is 42.5. The van der Waals surface area contributed by atoms with E-state index < -0.39 is 22.3 Å². The van der Waals surface area contributed by atoms with Crippen LogP contribution in [0.15, 0.2) is 0 Å². The van der Waals surface area contributed by atoms with Gasteiger partial charge in [0.05, 0.1) is 6.54 Å². The Bertz CT molecular complexity index is 776. The second kappa shape index (κ2) is 61.6. The van der Waals surface area contributed by atoms with Gasteiger partial charge in [0.15, 0.2) is 0 Å². The summed E-state index contributed by atoms with van der Waals surface area (Å²) in [5, 5.41) is 11.3. The molecule has 0 spiro atoms. The van der Waals surface area contributed by atoms with Gasteiger partial charge < -0.3 is 24.3 Å². The minimum atomic E-state index is -5.17. The third-order valence-corrected chi connectivity index (χ3v) is 9.00. The third kappa shape index (κ3) is 87.5. The number of carbonyl (C=O) groups is 2. The van der Waals surface area contributed by atoms with E-state index in [9.17, 15) is 9.59 Å². The van der Waals surface area contributed by atoms with Gasteiger partial charge in [-0.05, 0) is 19.9 Å². The van der Waals surface area contributed by atoms with Gasteiger partial charge in [0.25, 0.3) is 0 Å². The summed E-state index contributed by atoms with van der Waals surface area (Å²) in [4.78, 5) is 22.3. The maximum Gasteiger partial charge on any atom is 1.00 e. The first-order valence-corrected chi connectivity index (χ1v) is 23.5. The van der Waals surface area contributed by atoms with Crippen molar-refractivity contribution in [2.45, 2.75) is 246 Å². The molecule has 322 valence electrons. The Labute approximate surface area is 386 Å². The Hall–Kier alpha value is 0.930. The first-order valence-electron chi connectivity index (χ1n) is 22.2. The monoisotopic (exact) mass is 826 g/mol. The molecule has 0 aliphatic heterocycles. The van der Waals surface area contributed by atoms with Gasteiger partial charge in [0.2, 0.25) is 0 Å². The SMILES string of the molecule is CCCCCCCCCCCC(=O)OC(=O)CNC.CCCCCCCCCCCCCC.CCCCCCCCCCCCCCO.O=S(=O)([O-])[O-].[Na+].[Na+]. The van der Waals surface area contributed by atoms with E-state index in [0.29, 0.717) is 13.0 Å². The van der Waals surface area contributed by atoms with Crippen LogP contribution >= 0.6 is 0 Å². The summed E-state index contributed by atoms with van der Waals surface area (Å²) in [6.07, 6.45) is 44.9. The maximum absolute atomic E-state index is 11.3. The standard InChI is InChI=1S/C15H29NO3.C14H30O.C14H30.2Na.H2O4S/c1-3-4-5-6-7-8-9-10-11-12-14(17)19-15(18)13-16-2;1-2-3-4-5-6-7-8-9-10-11-12-13-14-15;1-3-5-7-9-11-13-14-12-10-8-6-4-2;;;1-5(2,3)4/h16H,3-13H2,1-2H3;15H,2-14H2,1H3;3-14H2,1-2H3;;;(H2,1,2,3,4)/q;;;2*+1;/p-2. The van der Waals surface area contributed by atoms with Crippen LogP contribution in [0.4, 0.5) is 0 Å². The molecule has 12 heteroatoms. The topological polar surface area (TPSA) is 156 Å². The van der Waals surface area contributed by atoms with E-state index in [1.807, 2.05) is 0 Å². The van der Waals surface area contributed by atoms with Crippen molar-refractivity contribution < 1.29 is 96.1 Å². The fourth-order valence-corrected chi connectivity index (χ4v) is 5.81. The van der Waals surface area contributed by atoms with Crippen LogP contribution in [0.5, 0.6) is 0 Å².